The highest BCUT2D eigenvalue weighted by Crippen LogP contribution is 2.19. The molecule has 3 aromatic rings. The zero-order valence-corrected chi connectivity index (χ0v) is 25.1. The van der Waals surface area contributed by atoms with E-state index in [-0.39, 0.29) is 5.91 Å². The Labute approximate surface area is 243 Å². The minimum Gasteiger partial charge on any atom is -0.352 e. The summed E-state index contributed by atoms with van der Waals surface area (Å²) < 4.78 is 2.37. The Morgan fingerprint density at radius 2 is 1.27 bits per heavy atom. The standard InChI is InChI=1S/C36H53N3O/c1-2-3-4-5-6-7-8-9-10-11-12-13-14-15-16-22-31-39-34-26-21-20-25-33(34)38-35(39)29-30-37-36(40)28-27-32-23-18-17-19-24-32/h17-21,23-28H,2-16,22,29-31H2,1H3,(H,37,40)/b28-27+. The molecule has 40 heavy (non-hydrogen) atoms. The number of carbonyl (C=O) groups is 1. The quantitative estimate of drug-likeness (QED) is 0.101. The van der Waals surface area contributed by atoms with Gasteiger partial charge in [0.1, 0.15) is 5.82 Å². The smallest absolute Gasteiger partial charge is 0.244 e. The lowest BCUT2D eigenvalue weighted by atomic mass is 10.0. The fraction of sp³-hybridized carbons (Fsp3) is 0.556. The average molecular weight is 544 g/mol. The Hall–Kier alpha value is -2.88. The molecule has 0 bridgehead atoms. The number of imidazole rings is 1. The number of carbonyl (C=O) groups excluding carboxylic acids is 1. The van der Waals surface area contributed by atoms with E-state index in [1.54, 1.807) is 6.08 Å². The molecule has 4 heteroatoms. The van der Waals surface area contributed by atoms with Crippen LogP contribution in [0.25, 0.3) is 17.1 Å². The van der Waals surface area contributed by atoms with Gasteiger partial charge in [-0.15, -0.1) is 0 Å². The fourth-order valence-corrected chi connectivity index (χ4v) is 5.48. The molecule has 0 aliphatic carbocycles. The zero-order chi connectivity index (χ0) is 28.1. The highest BCUT2D eigenvalue weighted by molar-refractivity contribution is 5.91. The molecule has 0 spiro atoms. The minimum atomic E-state index is -0.0654. The minimum absolute atomic E-state index is 0.0654. The number of benzene rings is 2. The lowest BCUT2D eigenvalue weighted by Crippen LogP contribution is -2.24. The van der Waals surface area contributed by atoms with Crippen molar-refractivity contribution in [2.45, 2.75) is 123 Å². The fourth-order valence-electron chi connectivity index (χ4n) is 5.48. The van der Waals surface area contributed by atoms with Crippen molar-refractivity contribution >= 4 is 23.0 Å². The molecule has 0 unspecified atom stereocenters. The number of rotatable bonds is 22. The van der Waals surface area contributed by atoms with Gasteiger partial charge in [-0.1, -0.05) is 146 Å². The van der Waals surface area contributed by atoms with E-state index in [0.29, 0.717) is 6.54 Å². The zero-order valence-electron chi connectivity index (χ0n) is 25.1. The van der Waals surface area contributed by atoms with Crippen molar-refractivity contribution in [3.63, 3.8) is 0 Å². The highest BCUT2D eigenvalue weighted by Gasteiger charge is 2.10. The van der Waals surface area contributed by atoms with E-state index in [0.717, 1.165) is 29.9 Å². The van der Waals surface area contributed by atoms with Crippen molar-refractivity contribution in [3.8, 4) is 0 Å². The highest BCUT2D eigenvalue weighted by atomic mass is 16.1. The number of unbranched alkanes of at least 4 members (excludes halogenated alkanes) is 15. The van der Waals surface area contributed by atoms with Crippen molar-refractivity contribution in [2.24, 2.45) is 0 Å². The van der Waals surface area contributed by atoms with Crippen LogP contribution in [0, 0.1) is 0 Å². The van der Waals surface area contributed by atoms with Gasteiger partial charge < -0.3 is 9.88 Å². The van der Waals surface area contributed by atoms with Crippen LogP contribution in [-0.4, -0.2) is 22.0 Å². The first kappa shape index (κ1) is 31.6. The third-order valence-corrected chi connectivity index (χ3v) is 7.84. The van der Waals surface area contributed by atoms with Crippen LogP contribution in [0.5, 0.6) is 0 Å². The van der Waals surface area contributed by atoms with E-state index in [4.69, 9.17) is 4.98 Å². The predicted octanol–water partition coefficient (Wildman–Crippen LogP) is 9.67. The molecule has 0 atom stereocenters. The van der Waals surface area contributed by atoms with Crippen LogP contribution in [0.3, 0.4) is 0 Å². The normalized spacial score (nSPS) is 11.5. The van der Waals surface area contributed by atoms with Crippen LogP contribution in [0.1, 0.15) is 121 Å². The Balaban J connectivity index is 1.28. The maximum Gasteiger partial charge on any atom is 0.244 e. The van der Waals surface area contributed by atoms with Crippen LogP contribution in [0.2, 0.25) is 0 Å². The first-order valence-corrected chi connectivity index (χ1v) is 16.2. The van der Waals surface area contributed by atoms with E-state index < -0.39 is 0 Å². The molecule has 2 aromatic carbocycles. The van der Waals surface area contributed by atoms with E-state index in [1.165, 1.54) is 108 Å². The molecule has 0 aliphatic heterocycles. The maximum absolute atomic E-state index is 12.3. The predicted molar refractivity (Wildman–Crippen MR) is 171 cm³/mol. The Kier molecular flexibility index (Phi) is 15.9. The molecule has 4 nitrogen and oxygen atoms in total. The number of aromatic nitrogens is 2. The molecule has 1 amide bonds. The lowest BCUT2D eigenvalue weighted by Gasteiger charge is -2.10. The number of hydrogen-bond donors (Lipinski definition) is 1. The molecule has 3 rings (SSSR count). The van der Waals surface area contributed by atoms with Gasteiger partial charge in [0.15, 0.2) is 0 Å². The number of hydrogen-bond acceptors (Lipinski definition) is 2. The molecule has 0 radical (unpaired) electrons. The van der Waals surface area contributed by atoms with Crippen LogP contribution >= 0.6 is 0 Å². The van der Waals surface area contributed by atoms with Crippen molar-refractivity contribution in [1.82, 2.24) is 14.9 Å². The van der Waals surface area contributed by atoms with Gasteiger partial charge in [-0.2, -0.15) is 0 Å². The van der Waals surface area contributed by atoms with Gasteiger partial charge in [0.25, 0.3) is 0 Å². The number of para-hydroxylation sites is 2. The van der Waals surface area contributed by atoms with E-state index in [9.17, 15) is 4.79 Å². The third-order valence-electron chi connectivity index (χ3n) is 7.84. The van der Waals surface area contributed by atoms with Gasteiger partial charge >= 0.3 is 0 Å². The number of aryl methyl sites for hydroxylation is 1. The monoisotopic (exact) mass is 543 g/mol. The van der Waals surface area contributed by atoms with Crippen molar-refractivity contribution < 1.29 is 4.79 Å². The summed E-state index contributed by atoms with van der Waals surface area (Å²) in [7, 11) is 0. The molecular weight excluding hydrogens is 490 g/mol. The topological polar surface area (TPSA) is 46.9 Å². The van der Waals surface area contributed by atoms with Gasteiger partial charge in [-0.05, 0) is 30.2 Å². The van der Waals surface area contributed by atoms with Crippen molar-refractivity contribution in [1.29, 1.82) is 0 Å². The maximum atomic E-state index is 12.3. The van der Waals surface area contributed by atoms with Crippen LogP contribution in [-0.2, 0) is 17.8 Å². The summed E-state index contributed by atoms with van der Waals surface area (Å²) in [6.07, 6.45) is 26.3. The summed E-state index contributed by atoms with van der Waals surface area (Å²) in [6.45, 7) is 3.87. The van der Waals surface area contributed by atoms with E-state index in [1.807, 2.05) is 42.5 Å². The summed E-state index contributed by atoms with van der Waals surface area (Å²) >= 11 is 0. The number of nitrogens with zero attached hydrogens (tertiary/aromatic N) is 2. The van der Waals surface area contributed by atoms with Gasteiger partial charge in [-0.25, -0.2) is 4.98 Å². The Morgan fingerprint density at radius 1 is 0.725 bits per heavy atom. The molecule has 218 valence electrons. The van der Waals surface area contributed by atoms with Crippen LogP contribution in [0.4, 0.5) is 0 Å². The van der Waals surface area contributed by atoms with E-state index >= 15 is 0 Å². The first-order chi connectivity index (χ1) is 19.8. The molecule has 0 saturated heterocycles. The van der Waals surface area contributed by atoms with Gasteiger partial charge in [-0.3, -0.25) is 4.79 Å². The summed E-state index contributed by atoms with van der Waals surface area (Å²) in [5.74, 6) is 0.999. The molecule has 1 heterocycles. The molecule has 0 saturated carbocycles. The van der Waals surface area contributed by atoms with Crippen molar-refractivity contribution in [3.05, 3.63) is 72.1 Å². The Bertz CT molecular complexity index is 1100. The number of amides is 1. The van der Waals surface area contributed by atoms with E-state index in [2.05, 4.69) is 35.0 Å². The summed E-state index contributed by atoms with van der Waals surface area (Å²) in [6, 6.07) is 18.3. The van der Waals surface area contributed by atoms with Gasteiger partial charge in [0.05, 0.1) is 11.0 Å². The molecule has 0 fully saturated rings. The van der Waals surface area contributed by atoms with Crippen LogP contribution < -0.4 is 5.32 Å². The third kappa shape index (κ3) is 12.5. The van der Waals surface area contributed by atoms with Crippen molar-refractivity contribution in [2.75, 3.05) is 6.54 Å². The first-order valence-electron chi connectivity index (χ1n) is 16.2. The lowest BCUT2D eigenvalue weighted by molar-refractivity contribution is -0.116. The van der Waals surface area contributed by atoms with Crippen LogP contribution in [0.15, 0.2) is 60.7 Å². The molecule has 1 N–H and O–H groups in total. The second-order valence-corrected chi connectivity index (χ2v) is 11.3. The SMILES string of the molecule is CCCCCCCCCCCCCCCCCCn1c(CCNC(=O)/C=C/c2ccccc2)nc2ccccc21. The molecule has 0 aliphatic rings. The molecule has 1 aromatic heterocycles. The number of nitrogens with one attached hydrogen (secondary N) is 1. The summed E-state index contributed by atoms with van der Waals surface area (Å²) in [4.78, 5) is 17.2. The molecular formula is C36H53N3O. The number of fused-ring (bicyclic) bond motifs is 1. The van der Waals surface area contributed by atoms with Gasteiger partial charge in [0.2, 0.25) is 5.91 Å². The average Bonchev–Trinajstić information content (AvgIpc) is 3.33. The Morgan fingerprint density at radius 3 is 1.90 bits per heavy atom. The summed E-state index contributed by atoms with van der Waals surface area (Å²) in [5, 5.41) is 3.02. The van der Waals surface area contributed by atoms with Gasteiger partial charge in [0, 0.05) is 25.6 Å². The second kappa shape index (κ2) is 20.1. The second-order valence-electron chi connectivity index (χ2n) is 11.3. The summed E-state index contributed by atoms with van der Waals surface area (Å²) in [5.41, 5.74) is 3.27. The largest absolute Gasteiger partial charge is 0.352 e.